The van der Waals surface area contributed by atoms with Crippen LogP contribution in [0.2, 0.25) is 0 Å². The molecule has 2 heterocycles. The monoisotopic (exact) mass is 995 g/mol. The number of nitrogens with zero attached hydrogens (tertiary/aromatic N) is 2. The first-order chi connectivity index (χ1) is 37.9. The van der Waals surface area contributed by atoms with Crippen LogP contribution in [0.1, 0.15) is 112 Å². The molecular weight excluding hydrogens is 929 g/mol. The van der Waals surface area contributed by atoms with Crippen LogP contribution in [0.25, 0.3) is 112 Å². The number of rotatable bonds is 16. The van der Waals surface area contributed by atoms with Crippen LogP contribution in [-0.4, -0.2) is 9.13 Å². The molecule has 0 saturated heterocycles. The molecule has 0 saturated carbocycles. The maximum Gasteiger partial charge on any atom is 0.0631 e. The molecule has 0 aliphatic heterocycles. The van der Waals surface area contributed by atoms with Gasteiger partial charge >= 0.3 is 0 Å². The fourth-order valence-corrected chi connectivity index (χ4v) is 13.3. The van der Waals surface area contributed by atoms with E-state index < -0.39 is 0 Å². The molecule has 0 amide bonds. The van der Waals surface area contributed by atoms with Crippen LogP contribution in [0, 0.1) is 13.8 Å². The highest BCUT2D eigenvalue weighted by molar-refractivity contribution is 6.10. The lowest BCUT2D eigenvalue weighted by Crippen LogP contribution is -2.25. The number of para-hydroxylation sites is 2. The van der Waals surface area contributed by atoms with Gasteiger partial charge in [-0.25, -0.2) is 0 Å². The molecule has 2 heteroatoms. The fourth-order valence-electron chi connectivity index (χ4n) is 13.3. The second-order valence-corrected chi connectivity index (χ2v) is 22.0. The summed E-state index contributed by atoms with van der Waals surface area (Å²) in [5, 5.41) is 3.78. The molecule has 376 valence electrons. The Kier molecular flexibility index (Phi) is 12.7. The number of benzene rings is 9. The topological polar surface area (TPSA) is 9.86 Å². The summed E-state index contributed by atoms with van der Waals surface area (Å²) in [4.78, 5) is 0. The first-order valence-corrected chi connectivity index (χ1v) is 28.4. The van der Waals surface area contributed by atoms with Gasteiger partial charge in [0.2, 0.25) is 0 Å². The summed E-state index contributed by atoms with van der Waals surface area (Å²) in [6, 6.07) is 73.8. The summed E-state index contributed by atoms with van der Waals surface area (Å²) < 4.78 is 4.86. The zero-order chi connectivity index (χ0) is 52.0. The minimum Gasteiger partial charge on any atom is -0.309 e. The minimum absolute atomic E-state index is 0.0622. The number of aromatic nitrogens is 2. The molecule has 2 aliphatic rings. The molecule has 77 heavy (non-hydrogen) atoms. The molecule has 0 spiro atoms. The van der Waals surface area contributed by atoms with E-state index >= 15 is 0 Å². The van der Waals surface area contributed by atoms with E-state index in [0.717, 1.165) is 5.69 Å². The van der Waals surface area contributed by atoms with Crippen molar-refractivity contribution in [2.75, 3.05) is 0 Å². The van der Waals surface area contributed by atoms with Gasteiger partial charge in [-0.2, -0.15) is 0 Å². The highest BCUT2D eigenvalue weighted by Crippen LogP contribution is 2.56. The molecule has 11 aromatic rings. The van der Waals surface area contributed by atoms with Crippen LogP contribution in [0.15, 0.2) is 206 Å². The van der Waals surface area contributed by atoms with Crippen LogP contribution < -0.4 is 0 Å². The normalized spacial score (nSPS) is 13.0. The average molecular weight is 995 g/mol. The molecule has 0 atom stereocenters. The largest absolute Gasteiger partial charge is 0.309 e. The summed E-state index contributed by atoms with van der Waals surface area (Å²) in [5.74, 6) is 0. The van der Waals surface area contributed by atoms with E-state index in [9.17, 15) is 0 Å². The summed E-state index contributed by atoms with van der Waals surface area (Å²) >= 11 is 0. The fraction of sp³-hybridized carbons (Fsp3) is 0.200. The van der Waals surface area contributed by atoms with Crippen LogP contribution in [0.5, 0.6) is 0 Å². The maximum atomic E-state index is 3.24. The third-order valence-electron chi connectivity index (χ3n) is 17.2. The Morgan fingerprint density at radius 3 is 1.60 bits per heavy atom. The number of fused-ring (bicyclic) bond motifs is 9. The lowest BCUT2D eigenvalue weighted by molar-refractivity contribution is 0.401. The molecule has 2 aromatic heterocycles. The van der Waals surface area contributed by atoms with E-state index in [1.54, 1.807) is 0 Å². The molecular formula is C75H66N2. The van der Waals surface area contributed by atoms with E-state index in [1.165, 1.54) is 192 Å². The van der Waals surface area contributed by atoms with Crippen molar-refractivity contribution in [2.45, 2.75) is 97.3 Å². The summed E-state index contributed by atoms with van der Waals surface area (Å²) in [6.07, 6.45) is 16.5. The second kappa shape index (κ2) is 20.3. The molecule has 2 nitrogen and oxygen atoms in total. The lowest BCUT2D eigenvalue weighted by atomic mass is 9.70. The van der Waals surface area contributed by atoms with Crippen molar-refractivity contribution in [1.82, 2.24) is 9.13 Å². The van der Waals surface area contributed by atoms with E-state index in [2.05, 4.69) is 255 Å². The molecule has 0 radical (unpaired) electrons. The molecule has 0 unspecified atom stereocenters. The van der Waals surface area contributed by atoms with Gasteiger partial charge in [-0.1, -0.05) is 210 Å². The molecule has 9 aromatic carbocycles. The van der Waals surface area contributed by atoms with Crippen LogP contribution in [0.4, 0.5) is 0 Å². The van der Waals surface area contributed by atoms with Gasteiger partial charge in [0.25, 0.3) is 0 Å². The van der Waals surface area contributed by atoms with Crippen LogP contribution in [0.3, 0.4) is 0 Å². The Morgan fingerprint density at radius 1 is 0.390 bits per heavy atom. The standard InChI is InChI=1S/C75H66N2/c1-5-7-9-17-43-75(44-18-10-8-6-2)68-49-59(33-39-62(68)63-40-34-60(50-69(63)75)57-35-41-70(52(4)46-57)77-72-29-15-11-25-64(72)65-26-12-16-30-73(65)77)53-31-37-61(38-32-53)76-71-28-14-13-27-66(71)67-48-58(36-42-74(67)76)56-24-20-23-55(47-56)54-22-19-21-51(3)45-54/h11,13-15,19-42,45-50H,5-10,17-18,43-44H2,1-4H3. The summed E-state index contributed by atoms with van der Waals surface area (Å²) in [7, 11) is 0. The zero-order valence-corrected chi connectivity index (χ0v) is 45.1. The Hall–Kier alpha value is -8.38. The van der Waals surface area contributed by atoms with Crippen molar-refractivity contribution >= 4 is 44.9 Å². The van der Waals surface area contributed by atoms with Crippen LogP contribution >= 0.6 is 0 Å². The smallest absolute Gasteiger partial charge is 0.0631 e. The third-order valence-corrected chi connectivity index (χ3v) is 17.2. The van der Waals surface area contributed by atoms with E-state index in [0.29, 0.717) is 0 Å². The zero-order valence-electron chi connectivity index (χ0n) is 45.1. The quantitative estimate of drug-likeness (QED) is 0.0674. The summed E-state index contributed by atoms with van der Waals surface area (Å²) in [6.45, 7) is 9.10. The highest BCUT2D eigenvalue weighted by Gasteiger charge is 2.42. The third kappa shape index (κ3) is 8.54. The van der Waals surface area contributed by atoms with Crippen LogP contribution in [-0.2, 0) is 5.41 Å². The SMILES string of the molecule is CCCCCCC1(CCCCCC)c2cc(-c3ccc(-n4c5ccccc5c5cc(-c6cccc(-c7cccc(C)c7)c6)ccc54)cc3)ccc2-c2ccc(-c3ccc(-n4c5c(c6ccccc64)C=C=C=C5)c(C)c3)cc21. The van der Waals surface area contributed by atoms with E-state index in [4.69, 9.17) is 0 Å². The van der Waals surface area contributed by atoms with Gasteiger partial charge in [0.15, 0.2) is 0 Å². The van der Waals surface area contributed by atoms with Crippen molar-refractivity contribution in [3.63, 3.8) is 0 Å². The number of unbranched alkanes of at least 4 members (excludes halogenated alkanes) is 6. The number of hydrogen-bond donors (Lipinski definition) is 0. The Morgan fingerprint density at radius 2 is 0.922 bits per heavy atom. The first-order valence-electron chi connectivity index (χ1n) is 28.4. The second-order valence-electron chi connectivity index (χ2n) is 22.0. The molecule has 0 fully saturated rings. The molecule has 0 bridgehead atoms. The average Bonchev–Trinajstić information content (AvgIpc) is 4.31. The van der Waals surface area contributed by atoms with Gasteiger partial charge in [-0.15, -0.1) is 0 Å². The maximum absolute atomic E-state index is 3.24. The first kappa shape index (κ1) is 48.3. The van der Waals surface area contributed by atoms with Crippen molar-refractivity contribution in [3.05, 3.63) is 239 Å². The Labute approximate surface area is 455 Å². The summed E-state index contributed by atoms with van der Waals surface area (Å²) in [5.41, 5.74) is 33.2. The van der Waals surface area contributed by atoms with Crippen molar-refractivity contribution in [2.24, 2.45) is 0 Å². The van der Waals surface area contributed by atoms with Crippen molar-refractivity contribution in [1.29, 1.82) is 0 Å². The predicted octanol–water partition coefficient (Wildman–Crippen LogP) is 21.0. The Balaban J connectivity index is 0.861. The predicted molar refractivity (Wildman–Crippen MR) is 329 cm³/mol. The molecule has 13 rings (SSSR count). The van der Waals surface area contributed by atoms with Gasteiger partial charge in [0, 0.05) is 44.6 Å². The van der Waals surface area contributed by atoms with Gasteiger partial charge in [-0.05, 0) is 172 Å². The lowest BCUT2D eigenvalue weighted by Gasteiger charge is -2.33. The van der Waals surface area contributed by atoms with Gasteiger partial charge in [-0.3, -0.25) is 0 Å². The minimum atomic E-state index is -0.0622. The van der Waals surface area contributed by atoms with E-state index in [1.807, 2.05) is 0 Å². The molecule has 2 aliphatic carbocycles. The Bertz CT molecular complexity index is 4160. The van der Waals surface area contributed by atoms with Gasteiger partial charge < -0.3 is 9.13 Å². The molecule has 0 N–H and O–H groups in total. The van der Waals surface area contributed by atoms with Crippen molar-refractivity contribution in [3.8, 4) is 67.0 Å². The van der Waals surface area contributed by atoms with E-state index in [-0.39, 0.29) is 5.41 Å². The number of hydrogen-bond acceptors (Lipinski definition) is 0. The number of aryl methyl sites for hydroxylation is 2. The van der Waals surface area contributed by atoms with Gasteiger partial charge in [0.05, 0.1) is 22.2 Å². The van der Waals surface area contributed by atoms with Crippen molar-refractivity contribution < 1.29 is 0 Å². The van der Waals surface area contributed by atoms with Gasteiger partial charge in [0.1, 0.15) is 0 Å². The highest BCUT2D eigenvalue weighted by atomic mass is 15.0.